The molecular formula is C13H18BN2O2. The first kappa shape index (κ1) is 13.1. The van der Waals surface area contributed by atoms with Crippen molar-refractivity contribution in [2.75, 3.05) is 0 Å². The first-order valence-electron chi connectivity index (χ1n) is 5.96. The van der Waals surface area contributed by atoms with Gasteiger partial charge >= 0.3 is 7.48 Å². The van der Waals surface area contributed by atoms with Crippen molar-refractivity contribution in [1.82, 2.24) is 9.97 Å². The summed E-state index contributed by atoms with van der Waals surface area (Å²) in [7, 11) is 1.64. The molecule has 0 amide bonds. The first-order chi connectivity index (χ1) is 8.31. The minimum absolute atomic E-state index is 0.679. The average molecular weight is 245 g/mol. The highest BCUT2D eigenvalue weighted by Gasteiger charge is 2.35. The van der Waals surface area contributed by atoms with Crippen LogP contribution in [-0.2, 0) is 4.65 Å². The Labute approximate surface area is 108 Å². The summed E-state index contributed by atoms with van der Waals surface area (Å²) < 4.78 is 5.72. The Kier molecular flexibility index (Phi) is 3.21. The third kappa shape index (κ3) is 2.42. The normalized spacial score (nSPS) is 12.9. The van der Waals surface area contributed by atoms with E-state index in [9.17, 15) is 5.11 Å². The number of aromatic nitrogens is 2. The number of nitrogens with one attached hydrogen (secondary N) is 1. The lowest BCUT2D eigenvalue weighted by atomic mass is 9.82. The van der Waals surface area contributed by atoms with E-state index in [2.05, 4.69) is 9.97 Å². The Bertz CT molecular complexity index is 543. The van der Waals surface area contributed by atoms with Gasteiger partial charge in [0.05, 0.1) is 11.2 Å². The molecule has 0 spiro atoms. The molecule has 2 N–H and O–H groups in total. The van der Waals surface area contributed by atoms with Crippen molar-refractivity contribution in [3.63, 3.8) is 0 Å². The van der Waals surface area contributed by atoms with Gasteiger partial charge in [0.1, 0.15) is 0 Å². The van der Waals surface area contributed by atoms with E-state index < -0.39 is 11.2 Å². The molecule has 0 bridgehead atoms. The van der Waals surface area contributed by atoms with Crippen LogP contribution in [0.25, 0.3) is 10.9 Å². The summed E-state index contributed by atoms with van der Waals surface area (Å²) in [6.45, 7) is 7.17. The molecule has 0 fully saturated rings. The average Bonchev–Trinajstić information content (AvgIpc) is 2.73. The first-order valence-corrected chi connectivity index (χ1v) is 5.96. The maximum absolute atomic E-state index is 10.0. The number of aliphatic hydroxyl groups is 1. The predicted octanol–water partition coefficient (Wildman–Crippen LogP) is 1.37. The van der Waals surface area contributed by atoms with Gasteiger partial charge in [0.15, 0.2) is 0 Å². The van der Waals surface area contributed by atoms with Gasteiger partial charge in [-0.05, 0) is 39.2 Å². The highest BCUT2D eigenvalue weighted by molar-refractivity contribution is 6.50. The third-order valence-electron chi connectivity index (χ3n) is 3.45. The van der Waals surface area contributed by atoms with Crippen LogP contribution in [0.15, 0.2) is 24.7 Å². The fraction of sp³-hybridized carbons (Fsp3) is 0.462. The van der Waals surface area contributed by atoms with Crippen LogP contribution in [0.3, 0.4) is 0 Å². The van der Waals surface area contributed by atoms with Gasteiger partial charge in [-0.15, -0.1) is 0 Å². The van der Waals surface area contributed by atoms with Gasteiger partial charge in [-0.1, -0.05) is 0 Å². The summed E-state index contributed by atoms with van der Waals surface area (Å²) in [5.74, 6) is 0. The van der Waals surface area contributed by atoms with E-state index >= 15 is 0 Å². The Morgan fingerprint density at radius 3 is 2.67 bits per heavy atom. The van der Waals surface area contributed by atoms with Gasteiger partial charge in [0, 0.05) is 29.5 Å². The highest BCUT2D eigenvalue weighted by atomic mass is 16.5. The zero-order valence-electron chi connectivity index (χ0n) is 11.2. The lowest BCUT2D eigenvalue weighted by molar-refractivity contribution is -0.0893. The molecular weight excluding hydrogens is 227 g/mol. The molecule has 1 radical (unpaired) electrons. The van der Waals surface area contributed by atoms with Crippen molar-refractivity contribution in [1.29, 1.82) is 0 Å². The SMILES string of the molecule is CC(C)(O)C(C)(C)O[B]c1cncc2cc[nH]c12. The summed E-state index contributed by atoms with van der Waals surface area (Å²) in [5.41, 5.74) is 0.244. The summed E-state index contributed by atoms with van der Waals surface area (Å²) in [6, 6.07) is 1.96. The molecule has 0 aliphatic rings. The predicted molar refractivity (Wildman–Crippen MR) is 72.9 cm³/mol. The topological polar surface area (TPSA) is 58.1 Å². The minimum atomic E-state index is -0.930. The van der Waals surface area contributed by atoms with Crippen LogP contribution in [-0.4, -0.2) is 33.8 Å². The van der Waals surface area contributed by atoms with Crippen molar-refractivity contribution in [3.05, 3.63) is 24.7 Å². The molecule has 2 aromatic rings. The second-order valence-electron chi connectivity index (χ2n) is 5.48. The van der Waals surface area contributed by atoms with E-state index in [-0.39, 0.29) is 0 Å². The molecule has 0 aliphatic heterocycles. The number of aromatic amines is 1. The maximum atomic E-state index is 10.0. The quantitative estimate of drug-likeness (QED) is 0.800. The minimum Gasteiger partial charge on any atom is -0.426 e. The lowest BCUT2D eigenvalue weighted by Crippen LogP contribution is -2.49. The number of H-pyrrole nitrogens is 1. The van der Waals surface area contributed by atoms with E-state index in [4.69, 9.17) is 4.65 Å². The summed E-state index contributed by atoms with van der Waals surface area (Å²) in [5, 5.41) is 11.1. The highest BCUT2D eigenvalue weighted by Crippen LogP contribution is 2.24. The zero-order valence-corrected chi connectivity index (χ0v) is 11.2. The molecule has 0 saturated heterocycles. The fourth-order valence-electron chi connectivity index (χ4n) is 1.45. The number of fused-ring (bicyclic) bond motifs is 1. The van der Waals surface area contributed by atoms with E-state index in [0.717, 1.165) is 16.4 Å². The van der Waals surface area contributed by atoms with Crippen molar-refractivity contribution in [2.24, 2.45) is 0 Å². The van der Waals surface area contributed by atoms with Gasteiger partial charge in [-0.25, -0.2) is 0 Å². The summed E-state index contributed by atoms with van der Waals surface area (Å²) in [6.07, 6.45) is 5.40. The van der Waals surface area contributed by atoms with Crippen molar-refractivity contribution in [2.45, 2.75) is 38.9 Å². The van der Waals surface area contributed by atoms with Gasteiger partial charge in [-0.3, -0.25) is 4.98 Å². The van der Waals surface area contributed by atoms with E-state index in [1.165, 1.54) is 0 Å². The van der Waals surface area contributed by atoms with Crippen LogP contribution in [0.2, 0.25) is 0 Å². The third-order valence-corrected chi connectivity index (χ3v) is 3.45. The van der Waals surface area contributed by atoms with Crippen LogP contribution in [0, 0.1) is 0 Å². The van der Waals surface area contributed by atoms with Crippen molar-refractivity contribution >= 4 is 23.8 Å². The van der Waals surface area contributed by atoms with E-state index in [1.54, 1.807) is 33.7 Å². The van der Waals surface area contributed by atoms with Crippen LogP contribution in [0.4, 0.5) is 0 Å². The summed E-state index contributed by atoms with van der Waals surface area (Å²) in [4.78, 5) is 7.30. The van der Waals surface area contributed by atoms with Crippen molar-refractivity contribution in [3.8, 4) is 0 Å². The molecule has 0 aliphatic carbocycles. The van der Waals surface area contributed by atoms with Crippen LogP contribution in [0.5, 0.6) is 0 Å². The molecule has 2 heterocycles. The van der Waals surface area contributed by atoms with Gasteiger partial charge in [0.25, 0.3) is 0 Å². The molecule has 5 heteroatoms. The number of hydrogen-bond acceptors (Lipinski definition) is 3. The molecule has 0 saturated carbocycles. The zero-order chi connectivity index (χ0) is 13.4. The smallest absolute Gasteiger partial charge is 0.334 e. The Morgan fingerprint density at radius 2 is 2.00 bits per heavy atom. The molecule has 95 valence electrons. The number of rotatable bonds is 4. The second-order valence-corrected chi connectivity index (χ2v) is 5.48. The molecule has 2 rings (SSSR count). The van der Waals surface area contributed by atoms with Crippen LogP contribution < -0.4 is 5.46 Å². The van der Waals surface area contributed by atoms with Crippen molar-refractivity contribution < 1.29 is 9.76 Å². The van der Waals surface area contributed by atoms with Gasteiger partial charge in [0.2, 0.25) is 0 Å². The van der Waals surface area contributed by atoms with E-state index in [0.29, 0.717) is 0 Å². The molecule has 2 aromatic heterocycles. The van der Waals surface area contributed by atoms with Gasteiger partial charge in [-0.2, -0.15) is 0 Å². The Balaban J connectivity index is 2.18. The molecule has 0 aromatic carbocycles. The standard InChI is InChI=1S/C13H18BN2O2/c1-12(2,17)13(3,4)18-14-10-8-15-7-9-5-6-16-11(9)10/h5-8,16-17H,1-4H3. The second kappa shape index (κ2) is 4.41. The molecule has 4 nitrogen and oxygen atoms in total. The maximum Gasteiger partial charge on any atom is 0.334 e. The molecule has 18 heavy (non-hydrogen) atoms. The Hall–Kier alpha value is -1.33. The van der Waals surface area contributed by atoms with E-state index in [1.807, 2.05) is 26.1 Å². The van der Waals surface area contributed by atoms with Crippen LogP contribution in [0.1, 0.15) is 27.7 Å². The Morgan fingerprint density at radius 1 is 1.28 bits per heavy atom. The number of nitrogens with zero attached hydrogens (tertiary/aromatic N) is 1. The largest absolute Gasteiger partial charge is 0.426 e. The fourth-order valence-corrected chi connectivity index (χ4v) is 1.45. The molecule has 0 unspecified atom stereocenters. The van der Waals surface area contributed by atoms with Gasteiger partial charge < -0.3 is 14.7 Å². The monoisotopic (exact) mass is 245 g/mol. The van der Waals surface area contributed by atoms with Crippen LogP contribution >= 0.6 is 0 Å². The molecule has 0 atom stereocenters. The number of pyridine rings is 1. The lowest BCUT2D eigenvalue weighted by Gasteiger charge is -2.37. The summed E-state index contributed by atoms with van der Waals surface area (Å²) >= 11 is 0. The number of hydrogen-bond donors (Lipinski definition) is 2.